The maximum atomic E-state index is 13.8. The Morgan fingerprint density at radius 2 is 1.78 bits per heavy atom. The van der Waals surface area contributed by atoms with Gasteiger partial charge in [0.25, 0.3) is 5.91 Å². The lowest BCUT2D eigenvalue weighted by Gasteiger charge is -2.25. The molecule has 2 rings (SSSR count). The molecular weight excluding hydrogens is 253 g/mol. The van der Waals surface area contributed by atoms with Crippen molar-refractivity contribution in [2.45, 2.75) is 19.3 Å². The van der Waals surface area contributed by atoms with Gasteiger partial charge in [0.1, 0.15) is 0 Å². The normalized spacial score (nSPS) is 16.8. The van der Waals surface area contributed by atoms with Crippen LogP contribution >= 0.6 is 11.6 Å². The van der Waals surface area contributed by atoms with Crippen LogP contribution in [-0.2, 0) is 4.79 Å². The van der Waals surface area contributed by atoms with Gasteiger partial charge >= 0.3 is 0 Å². The van der Waals surface area contributed by atoms with E-state index < -0.39 is 11.7 Å². The molecule has 1 heterocycles. The van der Waals surface area contributed by atoms with E-state index in [1.165, 1.54) is 6.08 Å². The first-order valence-electron chi connectivity index (χ1n) is 6.09. The summed E-state index contributed by atoms with van der Waals surface area (Å²) in [5, 5.41) is 0.593. The molecule has 1 aromatic rings. The highest BCUT2D eigenvalue weighted by Gasteiger charge is 2.20. The van der Waals surface area contributed by atoms with Crippen LogP contribution in [0.3, 0.4) is 0 Å². The van der Waals surface area contributed by atoms with Crippen LogP contribution in [0.25, 0.3) is 6.08 Å². The summed E-state index contributed by atoms with van der Waals surface area (Å²) in [4.78, 5) is 13.4. The molecule has 1 aliphatic rings. The molecule has 0 aliphatic carbocycles. The summed E-state index contributed by atoms with van der Waals surface area (Å²) in [6.45, 7) is 1.31. The van der Waals surface area contributed by atoms with Crippen LogP contribution < -0.4 is 0 Å². The number of piperidine rings is 1. The van der Waals surface area contributed by atoms with Gasteiger partial charge < -0.3 is 4.90 Å². The van der Waals surface area contributed by atoms with Gasteiger partial charge in [0.05, 0.1) is 0 Å². The van der Waals surface area contributed by atoms with Gasteiger partial charge in [0.2, 0.25) is 0 Å². The number of carbonyl (C=O) groups excluding carboxylic acids is 1. The Morgan fingerprint density at radius 3 is 2.39 bits per heavy atom. The van der Waals surface area contributed by atoms with Crippen molar-refractivity contribution in [1.29, 1.82) is 0 Å². The van der Waals surface area contributed by atoms with Crippen LogP contribution in [0.4, 0.5) is 4.39 Å². The molecule has 0 saturated carbocycles. The van der Waals surface area contributed by atoms with Gasteiger partial charge in [0, 0.05) is 18.1 Å². The molecule has 0 unspecified atom stereocenters. The molecule has 1 amide bonds. The molecule has 1 aromatic carbocycles. The van der Waals surface area contributed by atoms with Crippen LogP contribution in [0.5, 0.6) is 0 Å². The standard InChI is InChI=1S/C14H15ClFNO/c15-12-6-4-11(5-7-12)10-13(16)14(18)17-8-2-1-3-9-17/h4-7,10H,1-3,8-9H2/b13-10-. The molecule has 0 radical (unpaired) electrons. The van der Waals surface area contributed by atoms with Crippen LogP contribution in [-0.4, -0.2) is 23.9 Å². The zero-order valence-corrected chi connectivity index (χ0v) is 10.8. The number of nitrogens with zero attached hydrogens (tertiary/aromatic N) is 1. The summed E-state index contributed by atoms with van der Waals surface area (Å²) >= 11 is 5.74. The van der Waals surface area contributed by atoms with Gasteiger partial charge in [-0.1, -0.05) is 23.7 Å². The highest BCUT2D eigenvalue weighted by Crippen LogP contribution is 2.16. The van der Waals surface area contributed by atoms with Crippen molar-refractivity contribution in [1.82, 2.24) is 4.90 Å². The highest BCUT2D eigenvalue weighted by atomic mass is 35.5. The van der Waals surface area contributed by atoms with Gasteiger partial charge in [-0.15, -0.1) is 0 Å². The third-order valence-corrected chi connectivity index (χ3v) is 3.26. The molecule has 2 nitrogen and oxygen atoms in total. The fourth-order valence-corrected chi connectivity index (χ4v) is 2.14. The SMILES string of the molecule is O=C(/C(F)=C/c1ccc(Cl)cc1)N1CCCCC1. The van der Waals surface area contributed by atoms with Crippen molar-refractivity contribution in [2.75, 3.05) is 13.1 Å². The second-order valence-corrected chi connectivity index (χ2v) is 4.83. The lowest BCUT2D eigenvalue weighted by Crippen LogP contribution is -2.35. The summed E-state index contributed by atoms with van der Waals surface area (Å²) < 4.78 is 13.8. The molecule has 1 aliphatic heterocycles. The Labute approximate surface area is 111 Å². The minimum absolute atomic E-state index is 0.510. The quantitative estimate of drug-likeness (QED) is 0.749. The summed E-state index contributed by atoms with van der Waals surface area (Å²) in [7, 11) is 0. The third-order valence-electron chi connectivity index (χ3n) is 3.01. The minimum Gasteiger partial charge on any atom is -0.337 e. The number of benzene rings is 1. The predicted molar refractivity (Wildman–Crippen MR) is 71.0 cm³/mol. The van der Waals surface area contributed by atoms with E-state index in [0.29, 0.717) is 23.7 Å². The Balaban J connectivity index is 2.07. The number of hydrogen-bond donors (Lipinski definition) is 0. The summed E-state index contributed by atoms with van der Waals surface area (Å²) in [5.41, 5.74) is 0.641. The molecular formula is C14H15ClFNO. The van der Waals surface area contributed by atoms with Crippen molar-refractivity contribution in [2.24, 2.45) is 0 Å². The van der Waals surface area contributed by atoms with Gasteiger partial charge in [0.15, 0.2) is 5.83 Å². The number of halogens is 2. The molecule has 0 aromatic heterocycles. The molecule has 0 spiro atoms. The second-order valence-electron chi connectivity index (χ2n) is 4.40. The zero-order chi connectivity index (χ0) is 13.0. The highest BCUT2D eigenvalue weighted by molar-refractivity contribution is 6.30. The first-order valence-corrected chi connectivity index (χ1v) is 6.46. The lowest BCUT2D eigenvalue weighted by molar-refractivity contribution is -0.129. The van der Waals surface area contributed by atoms with Crippen molar-refractivity contribution >= 4 is 23.6 Å². The van der Waals surface area contributed by atoms with Crippen molar-refractivity contribution < 1.29 is 9.18 Å². The van der Waals surface area contributed by atoms with E-state index in [-0.39, 0.29) is 0 Å². The van der Waals surface area contributed by atoms with Gasteiger partial charge in [-0.3, -0.25) is 4.79 Å². The maximum absolute atomic E-state index is 13.8. The molecule has 0 bridgehead atoms. The topological polar surface area (TPSA) is 20.3 Å². The number of carbonyl (C=O) groups is 1. The lowest BCUT2D eigenvalue weighted by atomic mass is 10.1. The summed E-state index contributed by atoms with van der Waals surface area (Å²) in [5.74, 6) is -1.22. The van der Waals surface area contributed by atoms with E-state index in [4.69, 9.17) is 11.6 Å². The number of hydrogen-bond acceptors (Lipinski definition) is 1. The van der Waals surface area contributed by atoms with E-state index >= 15 is 0 Å². The molecule has 96 valence electrons. The van der Waals surface area contributed by atoms with E-state index in [2.05, 4.69) is 0 Å². The monoisotopic (exact) mass is 267 g/mol. The maximum Gasteiger partial charge on any atom is 0.282 e. The second kappa shape index (κ2) is 6.01. The van der Waals surface area contributed by atoms with E-state index in [0.717, 1.165) is 19.3 Å². The third kappa shape index (κ3) is 3.33. The molecule has 0 N–H and O–H groups in total. The Kier molecular flexibility index (Phi) is 4.37. The summed E-state index contributed by atoms with van der Waals surface area (Å²) in [6.07, 6.45) is 4.29. The molecule has 1 saturated heterocycles. The summed E-state index contributed by atoms with van der Waals surface area (Å²) in [6, 6.07) is 6.72. The molecule has 0 atom stereocenters. The zero-order valence-electron chi connectivity index (χ0n) is 10.0. The molecule has 1 fully saturated rings. The van der Waals surface area contributed by atoms with Crippen LogP contribution in [0.15, 0.2) is 30.1 Å². The number of amides is 1. The van der Waals surface area contributed by atoms with Crippen LogP contribution in [0.2, 0.25) is 5.02 Å². The largest absolute Gasteiger partial charge is 0.337 e. The van der Waals surface area contributed by atoms with Crippen molar-refractivity contribution in [3.8, 4) is 0 Å². The molecule has 18 heavy (non-hydrogen) atoms. The smallest absolute Gasteiger partial charge is 0.282 e. The van der Waals surface area contributed by atoms with E-state index in [1.54, 1.807) is 29.2 Å². The Hall–Kier alpha value is -1.35. The fraction of sp³-hybridized carbons (Fsp3) is 0.357. The molecule has 4 heteroatoms. The fourth-order valence-electron chi connectivity index (χ4n) is 2.02. The minimum atomic E-state index is -0.709. The van der Waals surface area contributed by atoms with E-state index in [1.807, 2.05) is 0 Å². The average molecular weight is 268 g/mol. The van der Waals surface area contributed by atoms with Gasteiger partial charge in [-0.05, 0) is 43.0 Å². The van der Waals surface area contributed by atoms with Gasteiger partial charge in [-0.2, -0.15) is 0 Å². The number of rotatable bonds is 2. The van der Waals surface area contributed by atoms with Crippen LogP contribution in [0, 0.1) is 0 Å². The van der Waals surface area contributed by atoms with Crippen molar-refractivity contribution in [3.63, 3.8) is 0 Å². The van der Waals surface area contributed by atoms with Crippen molar-refractivity contribution in [3.05, 3.63) is 40.7 Å². The number of likely N-dealkylation sites (tertiary alicyclic amines) is 1. The average Bonchev–Trinajstić information content (AvgIpc) is 2.41. The first-order chi connectivity index (χ1) is 8.66. The van der Waals surface area contributed by atoms with Gasteiger partial charge in [-0.25, -0.2) is 4.39 Å². The predicted octanol–water partition coefficient (Wildman–Crippen LogP) is 3.66. The Bertz CT molecular complexity index is 449. The van der Waals surface area contributed by atoms with E-state index in [9.17, 15) is 9.18 Å². The Morgan fingerprint density at radius 1 is 1.17 bits per heavy atom. The first kappa shape index (κ1) is 13.1. The van der Waals surface area contributed by atoms with Crippen LogP contribution in [0.1, 0.15) is 24.8 Å².